The molecule has 5 N–H and O–H groups in total. The van der Waals surface area contributed by atoms with Crippen molar-refractivity contribution in [3.8, 4) is 11.5 Å². The van der Waals surface area contributed by atoms with Crippen molar-refractivity contribution in [2.45, 2.75) is 0 Å². The molecule has 0 spiro atoms. The third kappa shape index (κ3) is 7.28. The van der Waals surface area contributed by atoms with Crippen LogP contribution < -0.4 is 15.9 Å². The van der Waals surface area contributed by atoms with Gasteiger partial charge in [0.25, 0.3) is 0 Å². The molecule has 0 bridgehead atoms. The average Bonchev–Trinajstić information content (AvgIpc) is 2.51. The molecule has 22 heavy (non-hydrogen) atoms. The summed E-state index contributed by atoms with van der Waals surface area (Å²) >= 11 is 0. The first-order chi connectivity index (χ1) is 10.1. The Morgan fingerprint density at radius 1 is 1.32 bits per heavy atom. The van der Waals surface area contributed by atoms with Gasteiger partial charge < -0.3 is 15.6 Å². The second kappa shape index (κ2) is 11.1. The molecule has 0 unspecified atom stereocenters. The molecule has 0 aliphatic rings. The molecular formula is C14H17CuN4O3+3. The zero-order valence-corrected chi connectivity index (χ0v) is 12.7. The fourth-order valence-electron chi connectivity index (χ4n) is 1.30. The quantitative estimate of drug-likeness (QED) is 0.374. The molecule has 1 heterocycles. The van der Waals surface area contributed by atoms with Crippen LogP contribution in [0.2, 0.25) is 0 Å². The Morgan fingerprint density at radius 2 is 2.00 bits per heavy atom. The maximum atomic E-state index is 10.3. The molecule has 8 heteroatoms. The maximum Gasteiger partial charge on any atom is 2.00 e. The summed E-state index contributed by atoms with van der Waals surface area (Å²) < 4.78 is 4.95. The molecule has 0 fully saturated rings. The Labute approximate surface area is 138 Å². The molecule has 119 valence electrons. The van der Waals surface area contributed by atoms with Crippen LogP contribution >= 0.6 is 0 Å². The van der Waals surface area contributed by atoms with Crippen molar-refractivity contribution in [1.82, 2.24) is 10.4 Å². The number of aromatic nitrogens is 1. The average molecular weight is 353 g/mol. The van der Waals surface area contributed by atoms with E-state index in [1.807, 2.05) is 23.6 Å². The smallest absolute Gasteiger partial charge is 0.590 e. The van der Waals surface area contributed by atoms with E-state index in [2.05, 4.69) is 10.1 Å². The van der Waals surface area contributed by atoms with Crippen molar-refractivity contribution in [2.75, 3.05) is 7.11 Å². The fraction of sp³-hybridized carbons (Fsp3) is 0.0714. The number of primary amides is 1. The number of urea groups is 1. The van der Waals surface area contributed by atoms with Gasteiger partial charge in [-0.15, -0.1) is 0 Å². The summed E-state index contributed by atoms with van der Waals surface area (Å²) in [6.45, 7) is 0. The zero-order chi connectivity index (χ0) is 15.5. The van der Waals surface area contributed by atoms with E-state index in [0.29, 0.717) is 11.3 Å². The monoisotopic (exact) mass is 352 g/mol. The number of nitrogens with one attached hydrogen (secondary N) is 1. The van der Waals surface area contributed by atoms with E-state index in [9.17, 15) is 4.79 Å². The third-order valence-electron chi connectivity index (χ3n) is 2.22. The fourth-order valence-corrected chi connectivity index (χ4v) is 1.30. The SMILES string of the molecule is COc1cccc(C=NNC(N)=O)c1[OH2+].[Cu+2].c1ccncc1. The summed E-state index contributed by atoms with van der Waals surface area (Å²) in [5, 5.41) is 11.2. The molecule has 1 aromatic carbocycles. The van der Waals surface area contributed by atoms with Crippen molar-refractivity contribution in [2.24, 2.45) is 10.8 Å². The summed E-state index contributed by atoms with van der Waals surface area (Å²) in [4.78, 5) is 14.1. The second-order valence-electron chi connectivity index (χ2n) is 3.68. The number of carbonyl (C=O) groups excluding carboxylic acids is 1. The number of pyridine rings is 1. The molecule has 2 aromatic rings. The van der Waals surface area contributed by atoms with Crippen LogP contribution in [0.25, 0.3) is 0 Å². The number of hydrogen-bond acceptors (Lipinski definition) is 4. The van der Waals surface area contributed by atoms with Crippen LogP contribution in [0.4, 0.5) is 4.79 Å². The first-order valence-electron chi connectivity index (χ1n) is 5.97. The number of carbonyl (C=O) groups is 1. The summed E-state index contributed by atoms with van der Waals surface area (Å²) in [7, 11) is 1.48. The van der Waals surface area contributed by atoms with Crippen LogP contribution in [-0.2, 0) is 17.1 Å². The van der Waals surface area contributed by atoms with Gasteiger partial charge in [0, 0.05) is 12.4 Å². The van der Waals surface area contributed by atoms with Gasteiger partial charge in [-0.3, -0.25) is 4.98 Å². The Bertz CT molecular complexity index is 567. The van der Waals surface area contributed by atoms with Gasteiger partial charge in [0.1, 0.15) is 0 Å². The molecule has 0 aliphatic heterocycles. The van der Waals surface area contributed by atoms with E-state index in [1.54, 1.807) is 30.6 Å². The van der Waals surface area contributed by atoms with E-state index < -0.39 is 6.03 Å². The first kappa shape index (κ1) is 19.4. The second-order valence-corrected chi connectivity index (χ2v) is 3.68. The number of hydrogen-bond donors (Lipinski definition) is 2. The number of hydrazone groups is 1. The minimum absolute atomic E-state index is 0. The zero-order valence-electron chi connectivity index (χ0n) is 11.8. The van der Waals surface area contributed by atoms with Gasteiger partial charge in [0.2, 0.25) is 5.75 Å². The molecule has 2 amide bonds. The number of rotatable bonds is 3. The number of para-hydroxylation sites is 1. The molecule has 1 aromatic heterocycles. The van der Waals surface area contributed by atoms with Gasteiger partial charge in [0.15, 0.2) is 0 Å². The van der Waals surface area contributed by atoms with Gasteiger partial charge in [-0.2, -0.15) is 5.10 Å². The standard InChI is InChI=1S/C9H11N3O3.C5H5N.Cu/c1-15-7-4-2-3-6(8(7)13)5-11-12-9(10)14;1-2-4-6-5-3-1;/h2-5,13H,1H3,(H3,10,12,14);1-5H;/q;;+2/p+1. The summed E-state index contributed by atoms with van der Waals surface area (Å²) in [5.74, 6) is 0.646. The molecule has 2 rings (SSSR count). The summed E-state index contributed by atoms with van der Waals surface area (Å²) in [6, 6.07) is 10.0. The van der Waals surface area contributed by atoms with Gasteiger partial charge in [-0.25, -0.2) is 10.2 Å². The van der Waals surface area contributed by atoms with Crippen LogP contribution in [0.5, 0.6) is 11.5 Å². The predicted molar refractivity (Wildman–Crippen MR) is 80.6 cm³/mol. The summed E-state index contributed by atoms with van der Waals surface area (Å²) in [5.41, 5.74) is 7.39. The van der Waals surface area contributed by atoms with Gasteiger partial charge in [-0.05, 0) is 24.3 Å². The minimum atomic E-state index is -0.749. The van der Waals surface area contributed by atoms with Crippen LogP contribution in [-0.4, -0.2) is 29.4 Å². The molecule has 0 aliphatic carbocycles. The molecule has 7 nitrogen and oxygen atoms in total. The number of nitrogens with zero attached hydrogens (tertiary/aromatic N) is 2. The molecular weight excluding hydrogens is 336 g/mol. The Hall–Kier alpha value is -2.57. The molecule has 0 atom stereocenters. The van der Waals surface area contributed by atoms with Crippen molar-refractivity contribution in [3.63, 3.8) is 0 Å². The van der Waals surface area contributed by atoms with E-state index in [-0.39, 0.29) is 22.8 Å². The summed E-state index contributed by atoms with van der Waals surface area (Å²) in [6.07, 6.45) is 4.83. The van der Waals surface area contributed by atoms with E-state index in [0.717, 1.165) is 0 Å². The van der Waals surface area contributed by atoms with Crippen LogP contribution in [0.1, 0.15) is 5.56 Å². The van der Waals surface area contributed by atoms with Crippen LogP contribution in [0.15, 0.2) is 53.9 Å². The van der Waals surface area contributed by atoms with E-state index in [4.69, 9.17) is 15.6 Å². The Balaban J connectivity index is 0.000000529. The Kier molecular flexibility index (Phi) is 9.83. The van der Waals surface area contributed by atoms with E-state index in [1.165, 1.54) is 13.3 Å². The van der Waals surface area contributed by atoms with Crippen molar-refractivity contribution in [1.29, 1.82) is 0 Å². The number of amides is 2. The van der Waals surface area contributed by atoms with Crippen molar-refractivity contribution < 1.29 is 31.7 Å². The maximum absolute atomic E-state index is 10.3. The van der Waals surface area contributed by atoms with Crippen LogP contribution in [0, 0.1) is 0 Å². The number of ether oxygens (including phenoxy) is 1. The third-order valence-corrected chi connectivity index (χ3v) is 2.22. The van der Waals surface area contributed by atoms with Gasteiger partial charge in [-0.1, -0.05) is 12.1 Å². The predicted octanol–water partition coefficient (Wildman–Crippen LogP) is 1.21. The largest absolute Gasteiger partial charge is 2.00 e. The van der Waals surface area contributed by atoms with Crippen molar-refractivity contribution >= 4 is 12.2 Å². The number of benzene rings is 1. The minimum Gasteiger partial charge on any atom is -0.590 e. The molecule has 1 radical (unpaired) electrons. The topological polar surface area (TPSA) is 113 Å². The molecule has 0 saturated heterocycles. The number of nitrogens with two attached hydrogens (primary N) is 1. The van der Waals surface area contributed by atoms with Crippen molar-refractivity contribution in [3.05, 3.63) is 54.4 Å². The first-order valence-corrected chi connectivity index (χ1v) is 5.97. The van der Waals surface area contributed by atoms with E-state index >= 15 is 0 Å². The van der Waals surface area contributed by atoms with Gasteiger partial charge in [0.05, 0.1) is 18.9 Å². The van der Waals surface area contributed by atoms with Crippen LogP contribution in [0.3, 0.4) is 0 Å². The number of methoxy groups -OCH3 is 1. The normalized spacial score (nSPS) is 9.14. The van der Waals surface area contributed by atoms with Gasteiger partial charge >= 0.3 is 28.8 Å². The Morgan fingerprint density at radius 3 is 2.45 bits per heavy atom. The molecule has 0 saturated carbocycles.